The molecule has 140 valence electrons. The summed E-state index contributed by atoms with van der Waals surface area (Å²) in [5.41, 5.74) is 1.31. The highest BCUT2D eigenvalue weighted by Gasteiger charge is 2.27. The number of imidazole rings is 1. The van der Waals surface area contributed by atoms with Gasteiger partial charge in [0.2, 0.25) is 0 Å². The van der Waals surface area contributed by atoms with Crippen LogP contribution in [0, 0.1) is 5.92 Å². The molecule has 0 fully saturated rings. The van der Waals surface area contributed by atoms with Crippen LogP contribution < -0.4 is 10.6 Å². The number of aromatic nitrogens is 2. The van der Waals surface area contributed by atoms with Gasteiger partial charge >= 0.3 is 0 Å². The van der Waals surface area contributed by atoms with Gasteiger partial charge in [-0.25, -0.2) is 4.98 Å². The smallest absolute Gasteiger partial charge is 0.287 e. The van der Waals surface area contributed by atoms with E-state index < -0.39 is 0 Å². The Bertz CT molecular complexity index is 556. The second-order valence-electron chi connectivity index (χ2n) is 7.34. The first-order valence-electron chi connectivity index (χ1n) is 9.20. The van der Waals surface area contributed by atoms with E-state index in [1.54, 1.807) is 0 Å². The number of amides is 2. The van der Waals surface area contributed by atoms with Crippen molar-refractivity contribution in [1.29, 1.82) is 0 Å². The summed E-state index contributed by atoms with van der Waals surface area (Å²) in [5.74, 6) is 0.529. The maximum atomic E-state index is 12.5. The van der Waals surface area contributed by atoms with Crippen molar-refractivity contribution in [1.82, 2.24) is 25.1 Å². The monoisotopic (exact) mass is 349 g/mol. The quantitative estimate of drug-likeness (QED) is 0.741. The largest absolute Gasteiger partial charge is 0.351 e. The number of hydrogen-bond acceptors (Lipinski definition) is 4. The molecule has 0 atom stereocenters. The zero-order chi connectivity index (χ0) is 18.4. The van der Waals surface area contributed by atoms with Crippen molar-refractivity contribution >= 4 is 11.8 Å². The Morgan fingerprint density at radius 1 is 1.16 bits per heavy atom. The molecule has 0 saturated heterocycles. The van der Waals surface area contributed by atoms with E-state index >= 15 is 0 Å². The minimum atomic E-state index is -0.203. The van der Waals surface area contributed by atoms with Crippen molar-refractivity contribution in [3.8, 4) is 0 Å². The summed E-state index contributed by atoms with van der Waals surface area (Å²) >= 11 is 0. The van der Waals surface area contributed by atoms with E-state index in [9.17, 15) is 9.59 Å². The molecule has 25 heavy (non-hydrogen) atoms. The highest BCUT2D eigenvalue weighted by atomic mass is 16.2. The molecule has 0 aliphatic carbocycles. The predicted octanol–water partition coefficient (Wildman–Crippen LogP) is 1.29. The number of carbonyl (C=O) groups excluding carboxylic acids is 2. The minimum absolute atomic E-state index is 0.168. The van der Waals surface area contributed by atoms with Gasteiger partial charge in [0.15, 0.2) is 5.82 Å². The van der Waals surface area contributed by atoms with Crippen LogP contribution >= 0.6 is 0 Å². The summed E-state index contributed by atoms with van der Waals surface area (Å²) in [5, 5.41) is 5.83. The summed E-state index contributed by atoms with van der Waals surface area (Å²) < 4.78 is 1.92. The molecule has 2 rings (SSSR count). The first-order chi connectivity index (χ1) is 11.9. The fourth-order valence-corrected chi connectivity index (χ4v) is 2.93. The minimum Gasteiger partial charge on any atom is -0.351 e. The number of rotatable bonds is 8. The summed E-state index contributed by atoms with van der Waals surface area (Å²) in [6.07, 6.45) is 3.76. The van der Waals surface area contributed by atoms with E-state index in [0.29, 0.717) is 30.5 Å². The zero-order valence-electron chi connectivity index (χ0n) is 15.9. The van der Waals surface area contributed by atoms with E-state index in [1.165, 1.54) is 0 Å². The van der Waals surface area contributed by atoms with Gasteiger partial charge in [0.1, 0.15) is 5.69 Å². The first kappa shape index (κ1) is 19.4. The molecule has 0 spiro atoms. The highest BCUT2D eigenvalue weighted by Crippen LogP contribution is 2.21. The fourth-order valence-electron chi connectivity index (χ4n) is 2.93. The van der Waals surface area contributed by atoms with E-state index in [2.05, 4.69) is 29.5 Å². The third kappa shape index (κ3) is 5.29. The number of hydrogen-bond donors (Lipinski definition) is 2. The van der Waals surface area contributed by atoms with Crippen LogP contribution in [0.3, 0.4) is 0 Å². The molecule has 0 bridgehead atoms. The van der Waals surface area contributed by atoms with Crippen LogP contribution in [0.1, 0.15) is 59.9 Å². The maximum absolute atomic E-state index is 12.5. The van der Waals surface area contributed by atoms with E-state index in [-0.39, 0.29) is 11.8 Å². The van der Waals surface area contributed by atoms with Gasteiger partial charge in [-0.2, -0.15) is 0 Å². The summed E-state index contributed by atoms with van der Waals surface area (Å²) in [6, 6.07) is 0. The van der Waals surface area contributed by atoms with Crippen LogP contribution in [-0.4, -0.2) is 60.0 Å². The lowest BCUT2D eigenvalue weighted by Crippen LogP contribution is -2.33. The number of fused-ring (bicyclic) bond motifs is 1. The van der Waals surface area contributed by atoms with Crippen molar-refractivity contribution in [2.24, 2.45) is 5.92 Å². The third-order valence-electron chi connectivity index (χ3n) is 4.39. The molecule has 7 heteroatoms. The SMILES string of the molecule is CC(C)CCNC(=O)c1nc(C(=O)NCCN(C)C)n2c1CCCC2. The first-order valence-corrected chi connectivity index (χ1v) is 9.20. The maximum Gasteiger partial charge on any atom is 0.287 e. The van der Waals surface area contributed by atoms with Gasteiger partial charge < -0.3 is 20.1 Å². The number of carbonyl (C=O) groups is 2. The lowest BCUT2D eigenvalue weighted by atomic mass is 10.1. The van der Waals surface area contributed by atoms with Crippen molar-refractivity contribution in [2.45, 2.75) is 46.1 Å². The molecule has 0 radical (unpaired) electrons. The second-order valence-corrected chi connectivity index (χ2v) is 7.34. The summed E-state index contributed by atoms with van der Waals surface area (Å²) in [7, 11) is 3.92. The lowest BCUT2D eigenvalue weighted by molar-refractivity contribution is 0.0935. The van der Waals surface area contributed by atoms with E-state index in [1.807, 2.05) is 23.6 Å². The van der Waals surface area contributed by atoms with E-state index in [0.717, 1.165) is 44.5 Å². The Morgan fingerprint density at radius 3 is 2.56 bits per heavy atom. The number of likely N-dealkylation sites (N-methyl/N-ethyl adjacent to an activating group) is 1. The highest BCUT2D eigenvalue weighted by molar-refractivity contribution is 5.97. The molecule has 0 saturated carbocycles. The molecule has 1 aromatic rings. The average Bonchev–Trinajstić information content (AvgIpc) is 2.93. The van der Waals surface area contributed by atoms with Crippen molar-refractivity contribution in [2.75, 3.05) is 33.7 Å². The standard InChI is InChI=1S/C18H31N5O2/c1-13(2)8-9-19-17(24)15-14-7-5-6-11-23(14)16(21-15)18(25)20-10-12-22(3)4/h13H,5-12H2,1-4H3,(H,19,24)(H,20,25). The normalized spacial score (nSPS) is 13.8. The molecule has 1 aliphatic rings. The van der Waals surface area contributed by atoms with E-state index in [4.69, 9.17) is 0 Å². The van der Waals surface area contributed by atoms with Crippen LogP contribution in [-0.2, 0) is 13.0 Å². The molecular formula is C18H31N5O2. The van der Waals surface area contributed by atoms with Crippen LogP contribution in [0.2, 0.25) is 0 Å². The molecule has 1 aromatic heterocycles. The van der Waals surface area contributed by atoms with Crippen molar-refractivity contribution in [3.63, 3.8) is 0 Å². The molecule has 2 amide bonds. The molecule has 1 aliphatic heterocycles. The van der Waals surface area contributed by atoms with Crippen LogP contribution in [0.15, 0.2) is 0 Å². The van der Waals surface area contributed by atoms with Crippen molar-refractivity contribution in [3.05, 3.63) is 17.2 Å². The summed E-state index contributed by atoms with van der Waals surface area (Å²) in [4.78, 5) is 31.4. The van der Waals surface area contributed by atoms with Gasteiger partial charge in [0.05, 0.1) is 5.69 Å². The Hall–Kier alpha value is -1.89. The van der Waals surface area contributed by atoms with Gasteiger partial charge in [0.25, 0.3) is 11.8 Å². The van der Waals surface area contributed by atoms with Crippen LogP contribution in [0.25, 0.3) is 0 Å². The molecular weight excluding hydrogens is 318 g/mol. The zero-order valence-corrected chi connectivity index (χ0v) is 15.9. The van der Waals surface area contributed by atoms with Gasteiger partial charge in [-0.15, -0.1) is 0 Å². The Kier molecular flexibility index (Phi) is 6.99. The van der Waals surface area contributed by atoms with Gasteiger partial charge in [-0.1, -0.05) is 13.8 Å². The summed E-state index contributed by atoms with van der Waals surface area (Å²) in [6.45, 7) is 6.96. The molecule has 0 aromatic carbocycles. The topological polar surface area (TPSA) is 79.3 Å². The van der Waals surface area contributed by atoms with Crippen molar-refractivity contribution < 1.29 is 9.59 Å². The molecule has 2 heterocycles. The molecule has 7 nitrogen and oxygen atoms in total. The lowest BCUT2D eigenvalue weighted by Gasteiger charge is -2.17. The Morgan fingerprint density at radius 2 is 1.88 bits per heavy atom. The van der Waals surface area contributed by atoms with Gasteiger partial charge in [0, 0.05) is 26.2 Å². The fraction of sp³-hybridized carbons (Fsp3) is 0.722. The third-order valence-corrected chi connectivity index (χ3v) is 4.39. The molecule has 2 N–H and O–H groups in total. The van der Waals surface area contributed by atoms with Gasteiger partial charge in [-0.3, -0.25) is 9.59 Å². The van der Waals surface area contributed by atoms with Crippen LogP contribution in [0.5, 0.6) is 0 Å². The average molecular weight is 349 g/mol. The van der Waals surface area contributed by atoms with Crippen LogP contribution in [0.4, 0.5) is 0 Å². The number of nitrogens with zero attached hydrogens (tertiary/aromatic N) is 3. The van der Waals surface area contributed by atoms with Gasteiger partial charge in [-0.05, 0) is 45.7 Å². The Balaban J connectivity index is 2.11. The Labute approximate surface area is 150 Å². The second kappa shape index (κ2) is 8.99. The predicted molar refractivity (Wildman–Crippen MR) is 97.8 cm³/mol. The number of nitrogens with one attached hydrogen (secondary N) is 2. The molecule has 0 unspecified atom stereocenters.